The van der Waals surface area contributed by atoms with Gasteiger partial charge in [-0.1, -0.05) is 183 Å². The van der Waals surface area contributed by atoms with Crippen molar-refractivity contribution in [1.82, 2.24) is 0 Å². The summed E-state index contributed by atoms with van der Waals surface area (Å²) >= 11 is 1.94. The molecule has 0 spiro atoms. The molecule has 0 saturated carbocycles. The second kappa shape index (κ2) is 14.7. The second-order valence-corrected chi connectivity index (χ2v) is 18.1. The summed E-state index contributed by atoms with van der Waals surface area (Å²) in [4.78, 5) is 5.23. The summed E-state index contributed by atoms with van der Waals surface area (Å²) in [5, 5.41) is 0. The molecule has 4 aliphatic rings. The van der Waals surface area contributed by atoms with Crippen LogP contribution in [-0.2, 0) is 10.8 Å². The molecule has 0 saturated heterocycles. The van der Waals surface area contributed by atoms with Crippen LogP contribution in [0.2, 0.25) is 0 Å². The van der Waals surface area contributed by atoms with Crippen LogP contribution in [0, 0.1) is 0 Å². The highest BCUT2D eigenvalue weighted by molar-refractivity contribution is 8.03. The number of benzene rings is 7. The lowest BCUT2D eigenvalue weighted by atomic mass is 9.66. The highest BCUT2D eigenvalue weighted by atomic mass is 32.2. The van der Waals surface area contributed by atoms with E-state index in [9.17, 15) is 0 Å². The third-order valence-corrected chi connectivity index (χ3v) is 14.5. The minimum Gasteiger partial charge on any atom is -0.310 e. The van der Waals surface area contributed by atoms with Gasteiger partial charge in [0.15, 0.2) is 0 Å². The predicted molar refractivity (Wildman–Crippen MR) is 254 cm³/mol. The van der Waals surface area contributed by atoms with E-state index in [2.05, 4.69) is 219 Å². The summed E-state index contributed by atoms with van der Waals surface area (Å²) in [6, 6.07) is 65.7. The van der Waals surface area contributed by atoms with E-state index in [0.717, 1.165) is 42.7 Å². The van der Waals surface area contributed by atoms with E-state index in [4.69, 9.17) is 0 Å². The number of nitrogens with zero attached hydrogens (tertiary/aromatic N) is 1. The van der Waals surface area contributed by atoms with Gasteiger partial charge in [0, 0.05) is 32.2 Å². The number of hydrogen-bond donors (Lipinski definition) is 0. The maximum absolute atomic E-state index is 2.47. The molecule has 0 N–H and O–H groups in total. The monoisotopic (exact) mass is 789 g/mol. The molecule has 11 rings (SSSR count). The number of fused-ring (bicyclic) bond motifs is 4. The first-order chi connectivity index (χ1) is 29.5. The Morgan fingerprint density at radius 1 is 0.517 bits per heavy atom. The van der Waals surface area contributed by atoms with Crippen molar-refractivity contribution < 1.29 is 0 Å². The predicted octanol–water partition coefficient (Wildman–Crippen LogP) is 15.9. The number of para-hydroxylation sites is 2. The molecule has 0 aromatic heterocycles. The summed E-state index contributed by atoms with van der Waals surface area (Å²) in [5.41, 5.74) is 18.9. The number of allylic oxidation sites excluding steroid dienone is 7. The molecule has 0 amide bonds. The Balaban J connectivity index is 1.05. The first-order valence-electron chi connectivity index (χ1n) is 21.5. The minimum absolute atomic E-state index is 0.00738. The molecule has 7 aromatic rings. The van der Waals surface area contributed by atoms with Crippen molar-refractivity contribution in [3.63, 3.8) is 0 Å². The SMILES string of the molecule is CC1(C)C2=CCCC=C2Sc2cc(-c3cccc(N(c4ccccc4)c4ccccc4-c4cccc(C5(c6ccccc6)C6=C(CCC=C6)c6ccccc65)c4)c3)ccc21. The normalized spacial score (nSPS) is 18.4. The molecule has 60 heavy (non-hydrogen) atoms. The Morgan fingerprint density at radius 3 is 2.07 bits per heavy atom. The first-order valence-corrected chi connectivity index (χ1v) is 22.3. The second-order valence-electron chi connectivity index (χ2n) is 17.0. The lowest BCUT2D eigenvalue weighted by Crippen LogP contribution is -2.29. The lowest BCUT2D eigenvalue weighted by molar-refractivity contribution is 0.610. The van der Waals surface area contributed by atoms with Crippen LogP contribution < -0.4 is 4.90 Å². The van der Waals surface area contributed by atoms with Crippen LogP contribution in [0.4, 0.5) is 17.1 Å². The quantitative estimate of drug-likeness (QED) is 0.158. The summed E-state index contributed by atoms with van der Waals surface area (Å²) in [6.45, 7) is 4.77. The molecule has 290 valence electrons. The van der Waals surface area contributed by atoms with Crippen LogP contribution in [0.3, 0.4) is 0 Å². The number of thioether (sulfide) groups is 1. The van der Waals surface area contributed by atoms with Crippen LogP contribution in [-0.4, -0.2) is 0 Å². The van der Waals surface area contributed by atoms with Gasteiger partial charge in [-0.25, -0.2) is 0 Å². The van der Waals surface area contributed by atoms with Crippen LogP contribution in [0.25, 0.3) is 27.8 Å². The standard InChI is InChI=1S/C58H47NS/c1-57(2)52-32-14-16-34-55(52)60-56-39-41(35-36-53(56)57)40-19-18-26-46(38-40)59(45-24-7-4-8-25-45)54-33-15-11-27-47(54)42-20-17-23-44(37-42)58(43-21-5-3-6-22-43)50-30-12-9-28-48(50)49-29-10-13-31-51(49)58/h3-9,11-13,15,17-28,30-39H,10,14,16,29H2,1-2H3. The molecule has 0 radical (unpaired) electrons. The van der Waals surface area contributed by atoms with Gasteiger partial charge >= 0.3 is 0 Å². The average Bonchev–Trinajstić information content (AvgIpc) is 3.61. The van der Waals surface area contributed by atoms with Gasteiger partial charge in [-0.2, -0.15) is 0 Å². The molecule has 2 heteroatoms. The van der Waals surface area contributed by atoms with Crippen LogP contribution in [0.5, 0.6) is 0 Å². The molecule has 0 bridgehead atoms. The van der Waals surface area contributed by atoms with Crippen molar-refractivity contribution in [3.8, 4) is 22.3 Å². The summed E-state index contributed by atoms with van der Waals surface area (Å²) in [6.07, 6.45) is 14.1. The zero-order valence-electron chi connectivity index (χ0n) is 34.2. The van der Waals surface area contributed by atoms with Gasteiger partial charge in [0.05, 0.1) is 11.1 Å². The number of rotatable bonds is 7. The minimum atomic E-state index is -0.420. The van der Waals surface area contributed by atoms with Gasteiger partial charge in [0.25, 0.3) is 0 Å². The molecule has 1 heterocycles. The third-order valence-electron chi connectivity index (χ3n) is 13.3. The van der Waals surface area contributed by atoms with Crippen molar-refractivity contribution >= 4 is 34.4 Å². The average molecular weight is 790 g/mol. The van der Waals surface area contributed by atoms with Gasteiger partial charge in [0.1, 0.15) is 0 Å². The van der Waals surface area contributed by atoms with Crippen molar-refractivity contribution in [2.24, 2.45) is 0 Å². The Hall–Kier alpha value is -6.35. The topological polar surface area (TPSA) is 3.24 Å². The van der Waals surface area contributed by atoms with Crippen LogP contribution >= 0.6 is 11.8 Å². The molecule has 1 aliphatic heterocycles. The van der Waals surface area contributed by atoms with Gasteiger partial charge in [-0.15, -0.1) is 0 Å². The van der Waals surface area contributed by atoms with Gasteiger partial charge in [-0.05, 0) is 129 Å². The maximum Gasteiger partial charge on any atom is 0.0710 e. The Bertz CT molecular complexity index is 2930. The van der Waals surface area contributed by atoms with E-state index in [-0.39, 0.29) is 5.41 Å². The molecule has 7 aromatic carbocycles. The zero-order valence-corrected chi connectivity index (χ0v) is 35.1. The molecule has 1 unspecified atom stereocenters. The van der Waals surface area contributed by atoms with E-state index < -0.39 is 5.41 Å². The van der Waals surface area contributed by atoms with Crippen molar-refractivity contribution in [2.75, 3.05) is 4.90 Å². The van der Waals surface area contributed by atoms with Crippen LogP contribution in [0.15, 0.2) is 221 Å². The molecule has 1 nitrogen and oxygen atoms in total. The van der Waals surface area contributed by atoms with Crippen molar-refractivity contribution in [3.05, 3.63) is 244 Å². The van der Waals surface area contributed by atoms with Crippen molar-refractivity contribution in [2.45, 2.75) is 55.3 Å². The Kier molecular flexibility index (Phi) is 9.01. The zero-order chi connectivity index (χ0) is 40.3. The van der Waals surface area contributed by atoms with E-state index in [1.165, 1.54) is 76.6 Å². The molecule has 0 fully saturated rings. The lowest BCUT2D eigenvalue weighted by Gasteiger charge is -2.38. The summed E-state index contributed by atoms with van der Waals surface area (Å²) in [5.74, 6) is 0. The third kappa shape index (κ3) is 5.84. The fourth-order valence-corrected chi connectivity index (χ4v) is 12.0. The highest BCUT2D eigenvalue weighted by Crippen LogP contribution is 2.58. The van der Waals surface area contributed by atoms with Crippen LogP contribution in [0.1, 0.15) is 67.3 Å². The molecular weight excluding hydrogens is 743 g/mol. The van der Waals surface area contributed by atoms with E-state index in [0.29, 0.717) is 0 Å². The molecule has 1 atom stereocenters. The maximum atomic E-state index is 2.47. The van der Waals surface area contributed by atoms with E-state index in [1.54, 1.807) is 0 Å². The van der Waals surface area contributed by atoms with Gasteiger partial charge < -0.3 is 4.90 Å². The fourth-order valence-electron chi connectivity index (χ4n) is 10.5. The van der Waals surface area contributed by atoms with Gasteiger partial charge in [-0.3, -0.25) is 0 Å². The largest absolute Gasteiger partial charge is 0.310 e. The Morgan fingerprint density at radius 2 is 1.20 bits per heavy atom. The van der Waals surface area contributed by atoms with Gasteiger partial charge in [0.2, 0.25) is 0 Å². The number of anilines is 3. The number of hydrogen-bond acceptors (Lipinski definition) is 2. The summed E-state index contributed by atoms with van der Waals surface area (Å²) < 4.78 is 0. The summed E-state index contributed by atoms with van der Waals surface area (Å²) in [7, 11) is 0. The molecular formula is C58H47NS. The molecule has 3 aliphatic carbocycles. The Labute approximate surface area is 359 Å². The van der Waals surface area contributed by atoms with Crippen molar-refractivity contribution in [1.29, 1.82) is 0 Å². The fraction of sp³-hybridized carbons (Fsp3) is 0.138. The van der Waals surface area contributed by atoms with E-state index >= 15 is 0 Å². The smallest absolute Gasteiger partial charge is 0.0710 e. The first kappa shape index (κ1) is 36.7. The van der Waals surface area contributed by atoms with E-state index in [1.807, 2.05) is 11.8 Å². The highest BCUT2D eigenvalue weighted by Gasteiger charge is 2.47.